The van der Waals surface area contributed by atoms with E-state index in [-0.39, 0.29) is 5.56 Å². The van der Waals surface area contributed by atoms with Crippen molar-refractivity contribution in [2.75, 3.05) is 27.2 Å². The van der Waals surface area contributed by atoms with Gasteiger partial charge in [-0.15, -0.1) is 0 Å². The average molecular weight is 283 g/mol. The van der Waals surface area contributed by atoms with Gasteiger partial charge in [-0.2, -0.15) is 4.39 Å². The maximum atomic E-state index is 13.1. The number of carbonyl (C=O) groups is 1. The summed E-state index contributed by atoms with van der Waals surface area (Å²) in [4.78, 5) is 23.6. The van der Waals surface area contributed by atoms with Crippen LogP contribution < -0.4 is 5.32 Å². The standard InChI is InChI=1S/C13H18FN3O3/c1-16(2)8-4-3-7-15-13(18)10-5-6-11(14)12(9-10)17(19)20/h5-6,9H,3-4,7-8H2,1-2H3,(H,15,18). The molecule has 0 aliphatic heterocycles. The highest BCUT2D eigenvalue weighted by Crippen LogP contribution is 2.18. The maximum absolute atomic E-state index is 13.1. The molecule has 0 fully saturated rings. The van der Waals surface area contributed by atoms with Gasteiger partial charge in [-0.05, 0) is 45.6 Å². The summed E-state index contributed by atoms with van der Waals surface area (Å²) in [6.45, 7) is 1.41. The normalized spacial score (nSPS) is 10.6. The van der Waals surface area contributed by atoms with Gasteiger partial charge < -0.3 is 10.2 Å². The number of nitrogens with zero attached hydrogens (tertiary/aromatic N) is 2. The molecule has 0 heterocycles. The second-order valence-corrected chi connectivity index (χ2v) is 4.69. The van der Waals surface area contributed by atoms with Crippen molar-refractivity contribution in [1.82, 2.24) is 10.2 Å². The molecule has 1 aromatic rings. The lowest BCUT2D eigenvalue weighted by molar-refractivity contribution is -0.387. The molecule has 0 bridgehead atoms. The summed E-state index contributed by atoms with van der Waals surface area (Å²) in [6, 6.07) is 3.11. The predicted molar refractivity (Wildman–Crippen MR) is 73.2 cm³/mol. The van der Waals surface area contributed by atoms with Gasteiger partial charge in [-0.3, -0.25) is 14.9 Å². The fourth-order valence-corrected chi connectivity index (χ4v) is 1.65. The molecule has 1 aromatic carbocycles. The molecule has 20 heavy (non-hydrogen) atoms. The lowest BCUT2D eigenvalue weighted by atomic mass is 10.2. The molecule has 110 valence electrons. The fraction of sp³-hybridized carbons (Fsp3) is 0.462. The molecular formula is C13H18FN3O3. The van der Waals surface area contributed by atoms with Crippen molar-refractivity contribution in [2.45, 2.75) is 12.8 Å². The average Bonchev–Trinajstić information content (AvgIpc) is 2.37. The first-order valence-electron chi connectivity index (χ1n) is 6.28. The number of hydrogen-bond acceptors (Lipinski definition) is 4. The number of nitro benzene ring substituents is 1. The first-order chi connectivity index (χ1) is 9.41. The van der Waals surface area contributed by atoms with E-state index in [1.165, 1.54) is 6.07 Å². The van der Waals surface area contributed by atoms with Gasteiger partial charge in [0.25, 0.3) is 5.91 Å². The predicted octanol–water partition coefficient (Wildman–Crippen LogP) is 1.81. The molecular weight excluding hydrogens is 265 g/mol. The Kier molecular flexibility index (Phi) is 6.05. The number of nitro groups is 1. The molecule has 0 aliphatic rings. The molecule has 0 spiro atoms. The van der Waals surface area contributed by atoms with Gasteiger partial charge in [0.2, 0.25) is 5.82 Å². The number of hydrogen-bond donors (Lipinski definition) is 1. The van der Waals surface area contributed by atoms with Gasteiger partial charge >= 0.3 is 5.69 Å². The third kappa shape index (κ3) is 4.93. The van der Waals surface area contributed by atoms with Gasteiger partial charge in [-0.25, -0.2) is 0 Å². The molecule has 0 aromatic heterocycles. The van der Waals surface area contributed by atoms with Gasteiger partial charge in [0.15, 0.2) is 0 Å². The van der Waals surface area contributed by atoms with E-state index in [2.05, 4.69) is 5.32 Å². The van der Waals surface area contributed by atoms with Crippen LogP contribution in [-0.4, -0.2) is 42.9 Å². The molecule has 6 nitrogen and oxygen atoms in total. The van der Waals surface area contributed by atoms with Crippen LogP contribution in [0.4, 0.5) is 10.1 Å². The summed E-state index contributed by atoms with van der Waals surface area (Å²) in [5, 5.41) is 13.2. The van der Waals surface area contributed by atoms with E-state index in [1.807, 2.05) is 19.0 Å². The van der Waals surface area contributed by atoms with Crippen LogP contribution in [0.5, 0.6) is 0 Å². The fourth-order valence-electron chi connectivity index (χ4n) is 1.65. The van der Waals surface area contributed by atoms with Crippen LogP contribution in [0, 0.1) is 15.9 Å². The van der Waals surface area contributed by atoms with Crippen LogP contribution in [0.15, 0.2) is 18.2 Å². The molecule has 1 amide bonds. The molecule has 1 rings (SSSR count). The Morgan fingerprint density at radius 3 is 2.70 bits per heavy atom. The SMILES string of the molecule is CN(C)CCCCNC(=O)c1ccc(F)c([N+](=O)[O-])c1. The van der Waals surface area contributed by atoms with Gasteiger partial charge in [0.1, 0.15) is 0 Å². The van der Waals surface area contributed by atoms with Crippen molar-refractivity contribution in [1.29, 1.82) is 0 Å². The van der Waals surface area contributed by atoms with E-state index < -0.39 is 22.3 Å². The lowest BCUT2D eigenvalue weighted by Crippen LogP contribution is -2.25. The maximum Gasteiger partial charge on any atom is 0.305 e. The number of amides is 1. The van der Waals surface area contributed by atoms with Crippen molar-refractivity contribution in [3.63, 3.8) is 0 Å². The molecule has 0 unspecified atom stereocenters. The Balaban J connectivity index is 2.51. The first kappa shape index (κ1) is 16.0. The highest BCUT2D eigenvalue weighted by atomic mass is 19.1. The van der Waals surface area contributed by atoms with Crippen LogP contribution in [0.3, 0.4) is 0 Å². The van der Waals surface area contributed by atoms with Crippen molar-refractivity contribution in [2.24, 2.45) is 0 Å². The monoisotopic (exact) mass is 283 g/mol. The van der Waals surface area contributed by atoms with Crippen molar-refractivity contribution < 1.29 is 14.1 Å². The van der Waals surface area contributed by atoms with Crippen LogP contribution in [0.25, 0.3) is 0 Å². The number of benzene rings is 1. The van der Waals surface area contributed by atoms with E-state index in [0.717, 1.165) is 31.5 Å². The number of carbonyl (C=O) groups excluding carboxylic acids is 1. The number of nitrogens with one attached hydrogen (secondary N) is 1. The molecule has 7 heteroatoms. The first-order valence-corrected chi connectivity index (χ1v) is 6.28. The van der Waals surface area contributed by atoms with E-state index in [9.17, 15) is 19.3 Å². The molecule has 0 saturated carbocycles. The topological polar surface area (TPSA) is 75.5 Å². The third-order valence-electron chi connectivity index (χ3n) is 2.72. The Morgan fingerprint density at radius 2 is 2.10 bits per heavy atom. The minimum atomic E-state index is -0.947. The zero-order valence-corrected chi connectivity index (χ0v) is 11.6. The van der Waals surface area contributed by atoms with Crippen LogP contribution in [-0.2, 0) is 0 Å². The minimum absolute atomic E-state index is 0.0886. The van der Waals surface area contributed by atoms with E-state index in [4.69, 9.17) is 0 Å². The highest BCUT2D eigenvalue weighted by molar-refractivity contribution is 5.94. The van der Waals surface area contributed by atoms with E-state index >= 15 is 0 Å². The van der Waals surface area contributed by atoms with Crippen LogP contribution >= 0.6 is 0 Å². The number of halogens is 1. The minimum Gasteiger partial charge on any atom is -0.352 e. The second-order valence-electron chi connectivity index (χ2n) is 4.69. The van der Waals surface area contributed by atoms with Gasteiger partial charge in [0, 0.05) is 18.2 Å². The molecule has 0 atom stereocenters. The molecule has 0 aliphatic carbocycles. The van der Waals surface area contributed by atoms with Gasteiger partial charge in [0.05, 0.1) is 4.92 Å². The zero-order valence-electron chi connectivity index (χ0n) is 11.6. The number of rotatable bonds is 7. The summed E-state index contributed by atoms with van der Waals surface area (Å²) >= 11 is 0. The van der Waals surface area contributed by atoms with E-state index in [0.29, 0.717) is 6.54 Å². The quantitative estimate of drug-likeness (QED) is 0.470. The summed E-state index contributed by atoms with van der Waals surface area (Å²) in [6.07, 6.45) is 1.75. The summed E-state index contributed by atoms with van der Waals surface area (Å²) in [5.41, 5.74) is -0.601. The van der Waals surface area contributed by atoms with E-state index in [1.54, 1.807) is 0 Å². The lowest BCUT2D eigenvalue weighted by Gasteiger charge is -2.09. The zero-order chi connectivity index (χ0) is 15.1. The van der Waals surface area contributed by atoms with Crippen molar-refractivity contribution >= 4 is 11.6 Å². The molecule has 1 N–H and O–H groups in total. The Morgan fingerprint density at radius 1 is 1.40 bits per heavy atom. The highest BCUT2D eigenvalue weighted by Gasteiger charge is 2.17. The van der Waals surface area contributed by atoms with Crippen molar-refractivity contribution in [3.05, 3.63) is 39.7 Å². The smallest absolute Gasteiger partial charge is 0.305 e. The summed E-state index contributed by atoms with van der Waals surface area (Å²) in [5.74, 6) is -1.38. The van der Waals surface area contributed by atoms with Gasteiger partial charge in [-0.1, -0.05) is 0 Å². The van der Waals surface area contributed by atoms with Crippen LogP contribution in [0.1, 0.15) is 23.2 Å². The largest absolute Gasteiger partial charge is 0.352 e. The summed E-state index contributed by atoms with van der Waals surface area (Å²) < 4.78 is 13.1. The van der Waals surface area contributed by atoms with Crippen molar-refractivity contribution in [3.8, 4) is 0 Å². The number of unbranched alkanes of at least 4 members (excludes halogenated alkanes) is 1. The Labute approximate surface area is 116 Å². The summed E-state index contributed by atoms with van der Waals surface area (Å²) in [7, 11) is 3.94. The second kappa shape index (κ2) is 7.54. The third-order valence-corrected chi connectivity index (χ3v) is 2.72. The molecule has 0 saturated heterocycles. The Bertz CT molecular complexity index is 492. The Hall–Kier alpha value is -2.02. The molecule has 0 radical (unpaired) electrons. The van der Waals surface area contributed by atoms with Crippen LogP contribution in [0.2, 0.25) is 0 Å².